The van der Waals surface area contributed by atoms with Gasteiger partial charge in [0.15, 0.2) is 0 Å². The van der Waals surface area contributed by atoms with Crippen molar-refractivity contribution in [1.82, 2.24) is 9.88 Å². The number of nitrogens with zero attached hydrogens (tertiary/aromatic N) is 3. The summed E-state index contributed by atoms with van der Waals surface area (Å²) in [5.41, 5.74) is 0.268. The summed E-state index contributed by atoms with van der Waals surface area (Å²) < 4.78 is 41.0. The number of piperazine rings is 1. The summed E-state index contributed by atoms with van der Waals surface area (Å²) in [5.74, 6) is 0.0564. The van der Waals surface area contributed by atoms with Crippen LogP contribution >= 0.6 is 0 Å². The molecule has 4 rings (SSSR count). The van der Waals surface area contributed by atoms with Crippen LogP contribution in [0.1, 0.15) is 10.4 Å². The van der Waals surface area contributed by atoms with Crippen LogP contribution in [0.2, 0.25) is 0 Å². The number of rotatable bonds is 5. The average molecular weight is 441 g/mol. The van der Waals surface area contributed by atoms with Crippen molar-refractivity contribution in [3.63, 3.8) is 0 Å². The highest BCUT2D eigenvalue weighted by molar-refractivity contribution is 7.92. The molecule has 0 atom stereocenters. The van der Waals surface area contributed by atoms with Crippen molar-refractivity contribution in [2.24, 2.45) is 0 Å². The second kappa shape index (κ2) is 8.73. The lowest BCUT2D eigenvalue weighted by Gasteiger charge is -2.35. The van der Waals surface area contributed by atoms with E-state index in [1.54, 1.807) is 11.1 Å². The third kappa shape index (κ3) is 4.66. The maximum absolute atomic E-state index is 13.8. The summed E-state index contributed by atoms with van der Waals surface area (Å²) in [5, 5.41) is 0. The first-order valence-electron chi connectivity index (χ1n) is 9.77. The number of amides is 1. The first-order valence-corrected chi connectivity index (χ1v) is 11.2. The second-order valence-electron chi connectivity index (χ2n) is 7.08. The van der Waals surface area contributed by atoms with E-state index in [1.807, 2.05) is 18.2 Å². The number of halogens is 1. The molecule has 0 bridgehead atoms. The molecule has 2 aromatic carbocycles. The highest BCUT2D eigenvalue weighted by atomic mass is 32.2. The Morgan fingerprint density at radius 1 is 0.903 bits per heavy atom. The Morgan fingerprint density at radius 3 is 2.23 bits per heavy atom. The van der Waals surface area contributed by atoms with Gasteiger partial charge in [-0.25, -0.2) is 17.8 Å². The zero-order valence-corrected chi connectivity index (χ0v) is 17.4. The summed E-state index contributed by atoms with van der Waals surface area (Å²) in [6.45, 7) is 2.43. The van der Waals surface area contributed by atoms with Crippen LogP contribution in [0.25, 0.3) is 0 Å². The van der Waals surface area contributed by atoms with Crippen molar-refractivity contribution in [3.8, 4) is 0 Å². The molecule has 160 valence electrons. The molecule has 1 fully saturated rings. The van der Waals surface area contributed by atoms with E-state index in [1.165, 1.54) is 48.5 Å². The van der Waals surface area contributed by atoms with Crippen LogP contribution in [0.4, 0.5) is 15.9 Å². The van der Waals surface area contributed by atoms with Gasteiger partial charge >= 0.3 is 0 Å². The molecule has 31 heavy (non-hydrogen) atoms. The Morgan fingerprint density at radius 2 is 1.58 bits per heavy atom. The lowest BCUT2D eigenvalue weighted by molar-refractivity contribution is 0.0746. The number of para-hydroxylation sites is 1. The molecular weight excluding hydrogens is 419 g/mol. The number of aromatic nitrogens is 1. The van der Waals surface area contributed by atoms with Gasteiger partial charge in [0.2, 0.25) is 0 Å². The van der Waals surface area contributed by atoms with Gasteiger partial charge in [-0.3, -0.25) is 9.52 Å². The molecule has 0 saturated carbocycles. The predicted molar refractivity (Wildman–Crippen MR) is 116 cm³/mol. The van der Waals surface area contributed by atoms with Crippen LogP contribution < -0.4 is 9.62 Å². The average Bonchev–Trinajstić information content (AvgIpc) is 2.81. The van der Waals surface area contributed by atoms with Crippen molar-refractivity contribution in [2.75, 3.05) is 35.8 Å². The van der Waals surface area contributed by atoms with Crippen LogP contribution in [0, 0.1) is 5.82 Å². The van der Waals surface area contributed by atoms with Gasteiger partial charge in [0.25, 0.3) is 15.9 Å². The minimum absolute atomic E-state index is 0.0488. The molecule has 1 aliphatic heterocycles. The van der Waals surface area contributed by atoms with Gasteiger partial charge in [-0.05, 0) is 48.5 Å². The Hall–Kier alpha value is -3.46. The largest absolute Gasteiger partial charge is 0.353 e. The smallest absolute Gasteiger partial charge is 0.261 e. The summed E-state index contributed by atoms with van der Waals surface area (Å²) in [4.78, 5) is 21.0. The predicted octanol–water partition coefficient (Wildman–Crippen LogP) is 2.98. The first kappa shape index (κ1) is 20.8. The van der Waals surface area contributed by atoms with Crippen molar-refractivity contribution in [2.45, 2.75) is 4.90 Å². The monoisotopic (exact) mass is 440 g/mol. The molecular formula is C22H21FN4O3S. The van der Waals surface area contributed by atoms with E-state index in [2.05, 4.69) is 14.6 Å². The molecule has 0 spiro atoms. The maximum Gasteiger partial charge on any atom is 0.261 e. The number of sulfonamides is 1. The second-order valence-corrected chi connectivity index (χ2v) is 8.76. The molecule has 2 heterocycles. The summed E-state index contributed by atoms with van der Waals surface area (Å²) in [7, 11) is -3.97. The standard InChI is InChI=1S/C22H21FN4O3S/c23-19-5-1-2-6-20(19)25-31(29,30)18-10-8-17(9-11-18)22(28)27-15-13-26(14-16-27)21-7-3-4-12-24-21/h1-12,25H,13-16H2. The fraction of sp³-hybridized carbons (Fsp3) is 0.182. The van der Waals surface area contributed by atoms with E-state index in [-0.39, 0.29) is 16.5 Å². The highest BCUT2D eigenvalue weighted by Crippen LogP contribution is 2.20. The third-order valence-electron chi connectivity index (χ3n) is 5.07. The Bertz CT molecular complexity index is 1160. The number of anilines is 2. The Kier molecular flexibility index (Phi) is 5.85. The molecule has 9 heteroatoms. The Labute approximate surface area is 180 Å². The zero-order valence-electron chi connectivity index (χ0n) is 16.6. The van der Waals surface area contributed by atoms with Crippen LogP contribution in [-0.4, -0.2) is 50.4 Å². The molecule has 1 aromatic heterocycles. The number of hydrogen-bond donors (Lipinski definition) is 1. The van der Waals surface area contributed by atoms with Crippen LogP contribution in [0.15, 0.2) is 77.8 Å². The minimum atomic E-state index is -3.97. The van der Waals surface area contributed by atoms with Gasteiger partial charge in [-0.2, -0.15) is 0 Å². The van der Waals surface area contributed by atoms with Gasteiger partial charge in [-0.15, -0.1) is 0 Å². The number of nitrogens with one attached hydrogen (secondary N) is 1. The van der Waals surface area contributed by atoms with Crippen LogP contribution in [-0.2, 0) is 10.0 Å². The normalized spacial score (nSPS) is 14.4. The van der Waals surface area contributed by atoms with E-state index in [9.17, 15) is 17.6 Å². The van der Waals surface area contributed by atoms with Crippen LogP contribution in [0.3, 0.4) is 0 Å². The first-order chi connectivity index (χ1) is 14.9. The number of pyridine rings is 1. The lowest BCUT2D eigenvalue weighted by Crippen LogP contribution is -2.49. The van der Waals surface area contributed by atoms with Gasteiger partial charge in [0.1, 0.15) is 11.6 Å². The molecule has 0 unspecified atom stereocenters. The Balaban J connectivity index is 1.41. The molecule has 0 aliphatic carbocycles. The fourth-order valence-corrected chi connectivity index (χ4v) is 4.45. The molecule has 1 N–H and O–H groups in total. The molecule has 7 nitrogen and oxygen atoms in total. The fourth-order valence-electron chi connectivity index (χ4n) is 3.39. The third-order valence-corrected chi connectivity index (χ3v) is 6.45. The number of carbonyl (C=O) groups is 1. The summed E-state index contributed by atoms with van der Waals surface area (Å²) in [6.07, 6.45) is 1.74. The van der Waals surface area contributed by atoms with Gasteiger partial charge in [0.05, 0.1) is 10.6 Å². The van der Waals surface area contributed by atoms with Crippen molar-refractivity contribution >= 4 is 27.4 Å². The van der Waals surface area contributed by atoms with Crippen molar-refractivity contribution in [1.29, 1.82) is 0 Å². The number of hydrogen-bond acceptors (Lipinski definition) is 5. The summed E-state index contributed by atoms with van der Waals surface area (Å²) in [6, 6.07) is 16.9. The minimum Gasteiger partial charge on any atom is -0.353 e. The van der Waals surface area contributed by atoms with Crippen molar-refractivity contribution in [3.05, 3.63) is 84.3 Å². The van der Waals surface area contributed by atoms with E-state index >= 15 is 0 Å². The highest BCUT2D eigenvalue weighted by Gasteiger charge is 2.23. The molecule has 0 radical (unpaired) electrons. The molecule has 1 saturated heterocycles. The van der Waals surface area contributed by atoms with E-state index in [0.29, 0.717) is 31.7 Å². The molecule has 1 aliphatic rings. The van der Waals surface area contributed by atoms with Crippen LogP contribution in [0.5, 0.6) is 0 Å². The quantitative estimate of drug-likeness (QED) is 0.660. The SMILES string of the molecule is O=C(c1ccc(S(=O)(=O)Nc2ccccc2F)cc1)N1CCN(c2ccccn2)CC1. The molecule has 3 aromatic rings. The van der Waals surface area contributed by atoms with Gasteiger partial charge < -0.3 is 9.80 Å². The van der Waals surface area contributed by atoms with Crippen molar-refractivity contribution < 1.29 is 17.6 Å². The topological polar surface area (TPSA) is 82.6 Å². The van der Waals surface area contributed by atoms with E-state index in [0.717, 1.165) is 5.82 Å². The zero-order chi connectivity index (χ0) is 21.8. The molecule has 1 amide bonds. The van der Waals surface area contributed by atoms with Gasteiger partial charge in [0, 0.05) is 37.9 Å². The van der Waals surface area contributed by atoms with E-state index in [4.69, 9.17) is 0 Å². The lowest BCUT2D eigenvalue weighted by atomic mass is 10.2. The van der Waals surface area contributed by atoms with E-state index < -0.39 is 15.8 Å². The maximum atomic E-state index is 13.8. The number of carbonyl (C=O) groups excluding carboxylic acids is 1. The number of benzene rings is 2. The van der Waals surface area contributed by atoms with Gasteiger partial charge in [-0.1, -0.05) is 18.2 Å². The summed E-state index contributed by atoms with van der Waals surface area (Å²) >= 11 is 0.